The van der Waals surface area contributed by atoms with Crippen molar-refractivity contribution in [2.24, 2.45) is 0 Å². The van der Waals surface area contributed by atoms with Crippen LogP contribution >= 0.6 is 11.3 Å². The number of benzene rings is 1. The minimum atomic E-state index is -0.898. The number of rotatable bonds is 4. The van der Waals surface area contributed by atoms with Crippen LogP contribution in [0.2, 0.25) is 0 Å². The molecule has 4 nitrogen and oxygen atoms in total. The number of hydrogen-bond acceptors (Lipinski definition) is 3. The highest BCUT2D eigenvalue weighted by Gasteiger charge is 2.14. The zero-order valence-electron chi connectivity index (χ0n) is 9.92. The lowest BCUT2D eigenvalue weighted by Gasteiger charge is -2.07. The zero-order chi connectivity index (χ0) is 13.1. The first-order valence-corrected chi connectivity index (χ1v) is 6.38. The van der Waals surface area contributed by atoms with Crippen molar-refractivity contribution in [3.05, 3.63) is 44.9 Å². The molecule has 1 N–H and O–H groups in total. The summed E-state index contributed by atoms with van der Waals surface area (Å²) in [7, 11) is 0. The van der Waals surface area contributed by atoms with E-state index >= 15 is 0 Å². The molecule has 0 aliphatic carbocycles. The standard InChI is InChI=1S/C13H13NO3S/c1-9-12(10-5-3-2-4-6-10)14(13(17)18-9)8-7-11(15)16/h2-6H,7-8H2,1H3,(H,15,16). The number of hydrogen-bond donors (Lipinski definition) is 1. The third kappa shape index (κ3) is 2.51. The van der Waals surface area contributed by atoms with Gasteiger partial charge in [0.05, 0.1) is 12.1 Å². The van der Waals surface area contributed by atoms with Crippen molar-refractivity contribution in [1.29, 1.82) is 0 Å². The van der Waals surface area contributed by atoms with Crippen molar-refractivity contribution >= 4 is 17.3 Å². The quantitative estimate of drug-likeness (QED) is 0.921. The Hall–Kier alpha value is -1.88. The van der Waals surface area contributed by atoms with Crippen molar-refractivity contribution in [1.82, 2.24) is 4.57 Å². The summed E-state index contributed by atoms with van der Waals surface area (Å²) in [5, 5.41) is 8.72. The van der Waals surface area contributed by atoms with Crippen LogP contribution in [0.4, 0.5) is 0 Å². The van der Waals surface area contributed by atoms with Gasteiger partial charge in [0, 0.05) is 11.4 Å². The Balaban J connectivity index is 2.46. The first-order chi connectivity index (χ1) is 8.59. The normalized spacial score (nSPS) is 10.5. The Morgan fingerprint density at radius 2 is 2.00 bits per heavy atom. The van der Waals surface area contributed by atoms with Crippen LogP contribution in [-0.2, 0) is 11.3 Å². The maximum atomic E-state index is 11.8. The Morgan fingerprint density at radius 1 is 1.33 bits per heavy atom. The lowest BCUT2D eigenvalue weighted by molar-refractivity contribution is -0.137. The van der Waals surface area contributed by atoms with Crippen molar-refractivity contribution in [2.75, 3.05) is 0 Å². The van der Waals surface area contributed by atoms with Crippen LogP contribution < -0.4 is 4.87 Å². The molecule has 1 aromatic heterocycles. The predicted molar refractivity (Wildman–Crippen MR) is 71.0 cm³/mol. The van der Waals surface area contributed by atoms with Gasteiger partial charge in [-0.3, -0.25) is 14.2 Å². The fourth-order valence-electron chi connectivity index (χ4n) is 1.88. The zero-order valence-corrected chi connectivity index (χ0v) is 10.7. The van der Waals surface area contributed by atoms with Crippen LogP contribution in [0.25, 0.3) is 11.3 Å². The van der Waals surface area contributed by atoms with E-state index in [1.54, 1.807) is 4.57 Å². The number of carboxylic acids is 1. The van der Waals surface area contributed by atoms with Gasteiger partial charge in [-0.05, 0) is 12.5 Å². The maximum Gasteiger partial charge on any atom is 0.307 e. The van der Waals surface area contributed by atoms with E-state index in [4.69, 9.17) is 5.11 Å². The van der Waals surface area contributed by atoms with Crippen LogP contribution in [0.3, 0.4) is 0 Å². The summed E-state index contributed by atoms with van der Waals surface area (Å²) in [6, 6.07) is 9.55. The maximum absolute atomic E-state index is 11.8. The lowest BCUT2D eigenvalue weighted by Crippen LogP contribution is -2.16. The number of thiazole rings is 1. The average Bonchev–Trinajstić information content (AvgIpc) is 2.62. The Kier molecular flexibility index (Phi) is 3.62. The topological polar surface area (TPSA) is 59.3 Å². The SMILES string of the molecule is Cc1sc(=O)n(CCC(=O)O)c1-c1ccccc1. The van der Waals surface area contributed by atoms with Gasteiger partial charge in [0.15, 0.2) is 0 Å². The van der Waals surface area contributed by atoms with Gasteiger partial charge in [-0.2, -0.15) is 0 Å². The molecule has 0 atom stereocenters. The first-order valence-electron chi connectivity index (χ1n) is 5.57. The van der Waals surface area contributed by atoms with E-state index in [-0.39, 0.29) is 17.8 Å². The molecule has 2 rings (SSSR count). The molecular weight excluding hydrogens is 250 g/mol. The second kappa shape index (κ2) is 5.18. The van der Waals surface area contributed by atoms with Crippen molar-refractivity contribution in [3.8, 4) is 11.3 Å². The van der Waals surface area contributed by atoms with Gasteiger partial charge in [0.1, 0.15) is 0 Å². The van der Waals surface area contributed by atoms with E-state index < -0.39 is 5.97 Å². The molecular formula is C13H13NO3S. The van der Waals surface area contributed by atoms with E-state index in [0.29, 0.717) is 0 Å². The molecule has 0 unspecified atom stereocenters. The Labute approximate surface area is 108 Å². The van der Waals surface area contributed by atoms with E-state index in [9.17, 15) is 9.59 Å². The molecule has 5 heteroatoms. The van der Waals surface area contributed by atoms with Crippen LogP contribution in [-0.4, -0.2) is 15.6 Å². The molecule has 0 saturated heterocycles. The summed E-state index contributed by atoms with van der Waals surface area (Å²) in [5.41, 5.74) is 1.77. The number of aromatic nitrogens is 1. The molecule has 1 heterocycles. The number of nitrogens with zero attached hydrogens (tertiary/aromatic N) is 1. The molecule has 18 heavy (non-hydrogen) atoms. The largest absolute Gasteiger partial charge is 0.481 e. The summed E-state index contributed by atoms with van der Waals surface area (Å²) in [6.07, 6.45) is -0.0457. The van der Waals surface area contributed by atoms with Gasteiger partial charge >= 0.3 is 10.8 Å². The summed E-state index contributed by atoms with van der Waals surface area (Å²) in [4.78, 5) is 23.3. The fourth-order valence-corrected chi connectivity index (χ4v) is 2.76. The molecule has 0 amide bonds. The van der Waals surface area contributed by atoms with Crippen molar-refractivity contribution in [2.45, 2.75) is 19.9 Å². The molecule has 0 spiro atoms. The summed E-state index contributed by atoms with van der Waals surface area (Å²) < 4.78 is 1.55. The second-order valence-electron chi connectivity index (χ2n) is 3.93. The third-order valence-electron chi connectivity index (χ3n) is 2.66. The summed E-state index contributed by atoms with van der Waals surface area (Å²) in [5.74, 6) is -0.898. The monoisotopic (exact) mass is 263 g/mol. The molecule has 0 aliphatic heterocycles. The molecule has 0 bridgehead atoms. The number of carboxylic acid groups (broad SMARTS) is 1. The van der Waals surface area contributed by atoms with Crippen molar-refractivity contribution in [3.63, 3.8) is 0 Å². The highest BCUT2D eigenvalue weighted by atomic mass is 32.1. The highest BCUT2D eigenvalue weighted by Crippen LogP contribution is 2.24. The molecule has 0 radical (unpaired) electrons. The molecule has 2 aromatic rings. The minimum Gasteiger partial charge on any atom is -0.481 e. The van der Waals surface area contributed by atoms with Gasteiger partial charge in [-0.1, -0.05) is 41.7 Å². The highest BCUT2D eigenvalue weighted by molar-refractivity contribution is 7.09. The molecule has 94 valence electrons. The molecule has 0 saturated carbocycles. The van der Waals surface area contributed by atoms with E-state index in [1.165, 1.54) is 0 Å². The fraction of sp³-hybridized carbons (Fsp3) is 0.231. The first kappa shape index (κ1) is 12.6. The van der Waals surface area contributed by atoms with Crippen LogP contribution in [0, 0.1) is 6.92 Å². The Bertz CT molecular complexity index is 613. The average molecular weight is 263 g/mol. The number of carbonyl (C=O) groups is 1. The van der Waals surface area contributed by atoms with Gasteiger partial charge in [-0.15, -0.1) is 0 Å². The van der Waals surface area contributed by atoms with Crippen LogP contribution in [0.1, 0.15) is 11.3 Å². The lowest BCUT2D eigenvalue weighted by atomic mass is 10.1. The minimum absolute atomic E-state index is 0.0457. The van der Waals surface area contributed by atoms with Gasteiger partial charge < -0.3 is 5.11 Å². The summed E-state index contributed by atoms with van der Waals surface area (Å²) in [6.45, 7) is 2.09. The van der Waals surface area contributed by atoms with Gasteiger partial charge in [0.25, 0.3) is 0 Å². The van der Waals surface area contributed by atoms with Crippen molar-refractivity contribution < 1.29 is 9.90 Å². The van der Waals surface area contributed by atoms with E-state index in [0.717, 1.165) is 27.5 Å². The molecule has 1 aromatic carbocycles. The van der Waals surface area contributed by atoms with Crippen LogP contribution in [0.5, 0.6) is 0 Å². The van der Waals surface area contributed by atoms with Gasteiger partial charge in [0.2, 0.25) is 0 Å². The summed E-state index contributed by atoms with van der Waals surface area (Å²) >= 11 is 1.16. The van der Waals surface area contributed by atoms with E-state index in [1.807, 2.05) is 37.3 Å². The van der Waals surface area contributed by atoms with Crippen LogP contribution in [0.15, 0.2) is 35.1 Å². The smallest absolute Gasteiger partial charge is 0.307 e. The molecule has 0 fully saturated rings. The second-order valence-corrected chi connectivity index (χ2v) is 5.10. The number of aliphatic carboxylic acids is 1. The predicted octanol–water partition coefficient (Wildman–Crippen LogP) is 2.36. The number of aryl methyl sites for hydroxylation is 1. The van der Waals surface area contributed by atoms with E-state index in [2.05, 4.69) is 0 Å². The third-order valence-corrected chi connectivity index (χ3v) is 3.56. The molecule has 0 aliphatic rings. The Morgan fingerprint density at radius 3 is 2.61 bits per heavy atom. The van der Waals surface area contributed by atoms with Gasteiger partial charge in [-0.25, -0.2) is 0 Å².